The molecule has 2 N–H and O–H groups in total. The summed E-state index contributed by atoms with van der Waals surface area (Å²) in [5, 5.41) is 9.44. The number of rotatable bonds is 3. The molecule has 1 aromatic heterocycles. The third-order valence-corrected chi connectivity index (χ3v) is 3.58. The molecule has 1 heterocycles. The molecule has 0 aromatic carbocycles. The molecule has 1 saturated carbocycles. The van der Waals surface area contributed by atoms with E-state index in [4.69, 9.17) is 11.6 Å². The van der Waals surface area contributed by atoms with Gasteiger partial charge in [-0.25, -0.2) is 0 Å². The summed E-state index contributed by atoms with van der Waals surface area (Å²) in [6, 6.07) is 0.216. The van der Waals surface area contributed by atoms with Crippen LogP contribution in [0.2, 0.25) is 0 Å². The van der Waals surface area contributed by atoms with Gasteiger partial charge in [-0.1, -0.05) is 12.8 Å². The van der Waals surface area contributed by atoms with Crippen molar-refractivity contribution in [3.63, 3.8) is 0 Å². The zero-order chi connectivity index (χ0) is 11.4. The van der Waals surface area contributed by atoms with Crippen LogP contribution in [0.1, 0.15) is 36.0 Å². The number of carbonyl (C=O) groups is 1. The van der Waals surface area contributed by atoms with Crippen LogP contribution >= 0.6 is 11.6 Å². The molecule has 1 amide bonds. The van der Waals surface area contributed by atoms with E-state index in [2.05, 4.69) is 15.5 Å². The monoisotopic (exact) mass is 241 g/mol. The van der Waals surface area contributed by atoms with Gasteiger partial charge in [0.05, 0.1) is 11.8 Å². The van der Waals surface area contributed by atoms with Gasteiger partial charge in [0.15, 0.2) is 0 Å². The quantitative estimate of drug-likeness (QED) is 0.795. The Labute approximate surface area is 99.8 Å². The maximum Gasteiger partial charge on any atom is 0.254 e. The van der Waals surface area contributed by atoms with Crippen LogP contribution in [0.3, 0.4) is 0 Å². The molecule has 2 unspecified atom stereocenters. The molecule has 0 aliphatic heterocycles. The molecule has 0 spiro atoms. The van der Waals surface area contributed by atoms with Gasteiger partial charge in [-0.2, -0.15) is 5.10 Å². The fraction of sp³-hybridized carbons (Fsp3) is 0.636. The van der Waals surface area contributed by atoms with E-state index in [0.717, 1.165) is 12.8 Å². The minimum Gasteiger partial charge on any atom is -0.349 e. The van der Waals surface area contributed by atoms with Crippen LogP contribution in [-0.4, -0.2) is 28.0 Å². The summed E-state index contributed by atoms with van der Waals surface area (Å²) in [6.45, 7) is 0. The number of H-pyrrole nitrogens is 1. The van der Waals surface area contributed by atoms with Crippen molar-refractivity contribution in [2.24, 2.45) is 5.92 Å². The second-order valence-corrected chi connectivity index (χ2v) is 4.57. The van der Waals surface area contributed by atoms with Gasteiger partial charge in [0.2, 0.25) is 0 Å². The van der Waals surface area contributed by atoms with E-state index < -0.39 is 0 Å². The molecular formula is C11H16ClN3O. The van der Waals surface area contributed by atoms with Gasteiger partial charge in [0.1, 0.15) is 0 Å². The molecule has 2 rings (SSSR count). The Morgan fingerprint density at radius 1 is 1.56 bits per heavy atom. The third kappa shape index (κ3) is 2.55. The van der Waals surface area contributed by atoms with Gasteiger partial charge in [0.25, 0.3) is 5.91 Å². The molecule has 4 nitrogen and oxygen atoms in total. The highest BCUT2D eigenvalue weighted by molar-refractivity contribution is 6.18. The first-order valence-corrected chi connectivity index (χ1v) is 6.20. The average molecular weight is 242 g/mol. The summed E-state index contributed by atoms with van der Waals surface area (Å²) in [5.74, 6) is 0.970. The lowest BCUT2D eigenvalue weighted by molar-refractivity contribution is 0.0911. The molecule has 1 fully saturated rings. The first-order chi connectivity index (χ1) is 7.81. The smallest absolute Gasteiger partial charge is 0.254 e. The Kier molecular flexibility index (Phi) is 3.83. The minimum atomic E-state index is -0.0595. The van der Waals surface area contributed by atoms with Gasteiger partial charge in [-0.3, -0.25) is 9.89 Å². The first-order valence-electron chi connectivity index (χ1n) is 5.67. The Morgan fingerprint density at radius 3 is 3.06 bits per heavy atom. The number of hydrogen-bond donors (Lipinski definition) is 2. The predicted octanol–water partition coefficient (Wildman–Crippen LogP) is 1.94. The lowest BCUT2D eigenvalue weighted by Gasteiger charge is -2.30. The second kappa shape index (κ2) is 5.34. The number of hydrogen-bond acceptors (Lipinski definition) is 2. The molecule has 5 heteroatoms. The summed E-state index contributed by atoms with van der Waals surface area (Å²) in [7, 11) is 0. The van der Waals surface area contributed by atoms with Crippen molar-refractivity contribution >= 4 is 17.5 Å². The summed E-state index contributed by atoms with van der Waals surface area (Å²) in [6.07, 6.45) is 7.67. The van der Waals surface area contributed by atoms with E-state index in [0.29, 0.717) is 17.4 Å². The number of halogens is 1. The van der Waals surface area contributed by atoms with Crippen molar-refractivity contribution in [1.82, 2.24) is 15.5 Å². The van der Waals surface area contributed by atoms with E-state index >= 15 is 0 Å². The fourth-order valence-electron chi connectivity index (χ4n) is 2.21. The van der Waals surface area contributed by atoms with Crippen LogP contribution in [0, 0.1) is 5.92 Å². The van der Waals surface area contributed by atoms with E-state index in [1.807, 2.05) is 0 Å². The van der Waals surface area contributed by atoms with Crippen LogP contribution in [-0.2, 0) is 0 Å². The van der Waals surface area contributed by atoms with Gasteiger partial charge >= 0.3 is 0 Å². The van der Waals surface area contributed by atoms with Crippen molar-refractivity contribution in [3.05, 3.63) is 18.0 Å². The van der Waals surface area contributed by atoms with Crippen molar-refractivity contribution in [2.45, 2.75) is 31.7 Å². The van der Waals surface area contributed by atoms with Crippen molar-refractivity contribution in [1.29, 1.82) is 0 Å². The third-order valence-electron chi connectivity index (χ3n) is 3.18. The van der Waals surface area contributed by atoms with Gasteiger partial charge in [-0.05, 0) is 18.8 Å². The number of nitrogens with one attached hydrogen (secondary N) is 2. The molecule has 1 aromatic rings. The first kappa shape index (κ1) is 11.5. The highest BCUT2D eigenvalue weighted by atomic mass is 35.5. The fourth-order valence-corrected chi connectivity index (χ4v) is 2.58. The van der Waals surface area contributed by atoms with Gasteiger partial charge in [-0.15, -0.1) is 11.6 Å². The summed E-state index contributed by atoms with van der Waals surface area (Å²) in [5.41, 5.74) is 0.582. The van der Waals surface area contributed by atoms with E-state index in [1.54, 1.807) is 6.20 Å². The molecule has 0 saturated heterocycles. The Hall–Kier alpha value is -1.03. The molecule has 2 atom stereocenters. The predicted molar refractivity (Wildman–Crippen MR) is 62.5 cm³/mol. The van der Waals surface area contributed by atoms with Crippen molar-refractivity contribution in [2.75, 3.05) is 5.88 Å². The Bertz CT molecular complexity index is 339. The lowest BCUT2D eigenvalue weighted by atomic mass is 9.85. The number of carbonyl (C=O) groups excluding carboxylic acids is 1. The maximum absolute atomic E-state index is 11.8. The second-order valence-electron chi connectivity index (χ2n) is 4.27. The van der Waals surface area contributed by atoms with E-state index in [-0.39, 0.29) is 11.9 Å². The zero-order valence-corrected chi connectivity index (χ0v) is 9.83. The van der Waals surface area contributed by atoms with E-state index in [9.17, 15) is 4.79 Å². The number of alkyl halides is 1. The normalized spacial score (nSPS) is 25.3. The molecular weight excluding hydrogens is 226 g/mol. The molecule has 1 aliphatic rings. The van der Waals surface area contributed by atoms with Crippen LogP contribution < -0.4 is 5.32 Å². The highest BCUT2D eigenvalue weighted by Crippen LogP contribution is 2.25. The standard InChI is InChI=1S/C11H16ClN3O/c12-5-8-3-1-2-4-10(8)15-11(16)9-6-13-14-7-9/h6-8,10H,1-5H2,(H,13,14)(H,15,16). The lowest BCUT2D eigenvalue weighted by Crippen LogP contribution is -2.42. The molecule has 0 radical (unpaired) electrons. The van der Waals surface area contributed by atoms with Crippen LogP contribution in [0.5, 0.6) is 0 Å². The van der Waals surface area contributed by atoms with Crippen LogP contribution in [0.15, 0.2) is 12.4 Å². The van der Waals surface area contributed by atoms with Gasteiger partial charge in [0, 0.05) is 18.1 Å². The number of aromatic amines is 1. The Morgan fingerprint density at radius 2 is 2.38 bits per heavy atom. The van der Waals surface area contributed by atoms with Crippen LogP contribution in [0.4, 0.5) is 0 Å². The Balaban J connectivity index is 1.95. The maximum atomic E-state index is 11.8. The van der Waals surface area contributed by atoms with E-state index in [1.165, 1.54) is 19.0 Å². The largest absolute Gasteiger partial charge is 0.349 e. The van der Waals surface area contributed by atoms with Crippen molar-refractivity contribution in [3.8, 4) is 0 Å². The number of nitrogens with zero attached hydrogens (tertiary/aromatic N) is 1. The topological polar surface area (TPSA) is 57.8 Å². The highest BCUT2D eigenvalue weighted by Gasteiger charge is 2.26. The molecule has 1 aliphatic carbocycles. The molecule has 16 heavy (non-hydrogen) atoms. The zero-order valence-electron chi connectivity index (χ0n) is 9.08. The minimum absolute atomic E-state index is 0.0595. The van der Waals surface area contributed by atoms with Crippen molar-refractivity contribution < 1.29 is 4.79 Å². The van der Waals surface area contributed by atoms with Gasteiger partial charge < -0.3 is 5.32 Å². The summed E-state index contributed by atoms with van der Waals surface area (Å²) < 4.78 is 0. The average Bonchev–Trinajstić information content (AvgIpc) is 2.83. The molecule has 0 bridgehead atoms. The number of amides is 1. The summed E-state index contributed by atoms with van der Waals surface area (Å²) >= 11 is 5.91. The number of aromatic nitrogens is 2. The van der Waals surface area contributed by atoms with Crippen LogP contribution in [0.25, 0.3) is 0 Å². The SMILES string of the molecule is O=C(NC1CCCCC1CCl)c1cn[nH]c1. The molecule has 88 valence electrons. The summed E-state index contributed by atoms with van der Waals surface area (Å²) in [4.78, 5) is 11.8.